The van der Waals surface area contributed by atoms with Crippen LogP contribution >= 0.6 is 0 Å². The number of Topliss-reactive ketones (excluding diaryl/α,β-unsaturated/α-hetero) is 1. The van der Waals surface area contributed by atoms with Gasteiger partial charge in [0.2, 0.25) is 0 Å². The summed E-state index contributed by atoms with van der Waals surface area (Å²) >= 11 is 0. The van der Waals surface area contributed by atoms with Crippen LogP contribution in [0.3, 0.4) is 0 Å². The Labute approximate surface area is 134 Å². The van der Waals surface area contributed by atoms with Gasteiger partial charge in [-0.05, 0) is 12.8 Å². The van der Waals surface area contributed by atoms with Gasteiger partial charge in [0.1, 0.15) is 5.78 Å². The summed E-state index contributed by atoms with van der Waals surface area (Å²) in [5, 5.41) is 41.5. The molecular formula is C16H24O7. The second-order valence-corrected chi connectivity index (χ2v) is 6.88. The topological polar surface area (TPSA) is 124 Å². The second kappa shape index (κ2) is 5.98. The Morgan fingerprint density at radius 2 is 2.04 bits per heavy atom. The number of aliphatic hydroxyl groups is 4. The first-order chi connectivity index (χ1) is 10.6. The van der Waals surface area contributed by atoms with Crippen molar-refractivity contribution in [2.45, 2.75) is 44.0 Å². The highest BCUT2D eigenvalue weighted by atomic mass is 16.5. The van der Waals surface area contributed by atoms with Gasteiger partial charge >= 0.3 is 5.97 Å². The lowest BCUT2D eigenvalue weighted by Gasteiger charge is -2.56. The molecule has 23 heavy (non-hydrogen) atoms. The number of fused-ring (bicyclic) bond motifs is 1. The first-order valence-corrected chi connectivity index (χ1v) is 7.62. The van der Waals surface area contributed by atoms with E-state index in [1.807, 2.05) is 0 Å². The minimum Gasteiger partial charge on any atom is -0.466 e. The number of ether oxygens (including phenoxy) is 1. The maximum absolute atomic E-state index is 12.4. The average Bonchev–Trinajstić information content (AvgIpc) is 2.49. The average molecular weight is 328 g/mol. The molecule has 0 aromatic rings. The van der Waals surface area contributed by atoms with E-state index in [0.29, 0.717) is 0 Å². The Morgan fingerprint density at radius 1 is 1.43 bits per heavy atom. The Bertz CT molecular complexity index is 531. The predicted molar refractivity (Wildman–Crippen MR) is 79.2 cm³/mol. The van der Waals surface area contributed by atoms with E-state index >= 15 is 0 Å². The lowest BCUT2D eigenvalue weighted by Crippen LogP contribution is -2.66. The molecular weight excluding hydrogens is 304 g/mol. The smallest absolute Gasteiger partial charge is 0.333 e. The number of methoxy groups -OCH3 is 1. The second-order valence-electron chi connectivity index (χ2n) is 6.88. The highest BCUT2D eigenvalue weighted by Gasteiger charge is 2.63. The van der Waals surface area contributed by atoms with Crippen LogP contribution in [0.1, 0.15) is 26.2 Å². The van der Waals surface area contributed by atoms with Crippen molar-refractivity contribution >= 4 is 11.8 Å². The third kappa shape index (κ3) is 2.61. The van der Waals surface area contributed by atoms with E-state index < -0.39 is 47.6 Å². The molecule has 0 saturated heterocycles. The Morgan fingerprint density at radius 3 is 2.57 bits per heavy atom. The number of ketones is 1. The summed E-state index contributed by atoms with van der Waals surface area (Å²) in [5.74, 6) is -3.02. The molecule has 2 rings (SSSR count). The monoisotopic (exact) mass is 328 g/mol. The minimum atomic E-state index is -1.66. The summed E-state index contributed by atoms with van der Waals surface area (Å²) in [5.41, 5.74) is -2.95. The van der Waals surface area contributed by atoms with Gasteiger partial charge in [0, 0.05) is 29.2 Å². The van der Waals surface area contributed by atoms with Crippen LogP contribution in [0, 0.1) is 17.3 Å². The molecule has 2 aliphatic carbocycles. The van der Waals surface area contributed by atoms with Crippen molar-refractivity contribution in [3.8, 4) is 0 Å². The number of rotatable bonds is 3. The van der Waals surface area contributed by atoms with Gasteiger partial charge in [0.25, 0.3) is 0 Å². The molecule has 2 saturated carbocycles. The Hall–Kier alpha value is -1.28. The van der Waals surface area contributed by atoms with E-state index in [1.165, 1.54) is 0 Å². The van der Waals surface area contributed by atoms with Crippen molar-refractivity contribution < 1.29 is 34.8 Å². The fourth-order valence-corrected chi connectivity index (χ4v) is 4.35. The Kier molecular flexibility index (Phi) is 4.69. The molecule has 130 valence electrons. The highest BCUT2D eigenvalue weighted by Crippen LogP contribution is 2.54. The van der Waals surface area contributed by atoms with Gasteiger partial charge in [-0.2, -0.15) is 0 Å². The fraction of sp³-hybridized carbons (Fsp3) is 0.750. The van der Waals surface area contributed by atoms with Crippen LogP contribution in [0.2, 0.25) is 0 Å². The summed E-state index contributed by atoms with van der Waals surface area (Å²) < 4.78 is 4.58. The highest BCUT2D eigenvalue weighted by molar-refractivity contribution is 5.89. The third-order valence-corrected chi connectivity index (χ3v) is 5.57. The first-order valence-electron chi connectivity index (χ1n) is 7.62. The van der Waals surface area contributed by atoms with Gasteiger partial charge in [-0.3, -0.25) is 4.79 Å². The van der Waals surface area contributed by atoms with Gasteiger partial charge in [0.15, 0.2) is 0 Å². The number of hydrogen-bond donors (Lipinski definition) is 4. The standard InChI is InChI=1S/C16H24O7/c1-8(14(21)23-3)11-9(18)6-15(2)10(19)4-5-16(22,7-17)13(15)12(11)20/h9,11-13,17-18,20,22H,1,4-7H2,2-3H3/t9-,11+,12+,13+,15-,16-/m1/s1. The zero-order chi connectivity index (χ0) is 17.6. The summed E-state index contributed by atoms with van der Waals surface area (Å²) in [6.07, 6.45) is -2.53. The van der Waals surface area contributed by atoms with Gasteiger partial charge in [-0.15, -0.1) is 0 Å². The van der Waals surface area contributed by atoms with E-state index in [0.717, 1.165) is 7.11 Å². The number of aliphatic hydroxyl groups excluding tert-OH is 3. The number of hydrogen-bond acceptors (Lipinski definition) is 7. The van der Waals surface area contributed by atoms with Crippen molar-refractivity contribution in [1.82, 2.24) is 0 Å². The van der Waals surface area contributed by atoms with Crippen molar-refractivity contribution in [3.05, 3.63) is 12.2 Å². The van der Waals surface area contributed by atoms with Crippen LogP contribution < -0.4 is 0 Å². The third-order valence-electron chi connectivity index (χ3n) is 5.57. The molecule has 0 aliphatic heterocycles. The summed E-state index contributed by atoms with van der Waals surface area (Å²) in [4.78, 5) is 24.1. The number of carbonyl (C=O) groups excluding carboxylic acids is 2. The molecule has 0 bridgehead atoms. The molecule has 0 aromatic heterocycles. The van der Waals surface area contributed by atoms with Crippen molar-refractivity contribution in [2.24, 2.45) is 17.3 Å². The molecule has 0 spiro atoms. The maximum Gasteiger partial charge on any atom is 0.333 e. The van der Waals surface area contributed by atoms with Crippen molar-refractivity contribution in [1.29, 1.82) is 0 Å². The molecule has 0 radical (unpaired) electrons. The SMILES string of the molecule is C=C(C(=O)OC)[C@@H]1[C@H](O)[C@@H]2[C@](O)(CO)CCC(=O)[C@@]2(C)C[C@H]1O. The number of carbonyl (C=O) groups is 2. The molecule has 2 aliphatic rings. The maximum atomic E-state index is 12.4. The molecule has 7 heteroatoms. The van der Waals surface area contributed by atoms with Crippen LogP contribution in [0.4, 0.5) is 0 Å². The van der Waals surface area contributed by atoms with E-state index in [9.17, 15) is 30.0 Å². The van der Waals surface area contributed by atoms with Crippen molar-refractivity contribution in [3.63, 3.8) is 0 Å². The van der Waals surface area contributed by atoms with E-state index in [4.69, 9.17) is 0 Å². The quantitative estimate of drug-likeness (QED) is 0.393. The zero-order valence-electron chi connectivity index (χ0n) is 13.4. The van der Waals surface area contributed by atoms with Gasteiger partial charge in [-0.25, -0.2) is 4.79 Å². The van der Waals surface area contributed by atoms with E-state index in [2.05, 4.69) is 11.3 Å². The molecule has 0 heterocycles. The predicted octanol–water partition coefficient (Wildman–Crippen LogP) is -0.834. The lowest BCUT2D eigenvalue weighted by molar-refractivity contribution is -0.213. The summed E-state index contributed by atoms with van der Waals surface area (Å²) in [7, 11) is 1.16. The lowest BCUT2D eigenvalue weighted by atomic mass is 9.50. The molecule has 0 amide bonds. The molecule has 7 nitrogen and oxygen atoms in total. The molecule has 6 atom stereocenters. The Balaban J connectivity index is 2.47. The van der Waals surface area contributed by atoms with E-state index in [1.54, 1.807) is 6.92 Å². The fourth-order valence-electron chi connectivity index (χ4n) is 4.35. The van der Waals surface area contributed by atoms with Crippen LogP contribution in [0.15, 0.2) is 12.2 Å². The van der Waals surface area contributed by atoms with Crippen molar-refractivity contribution in [2.75, 3.05) is 13.7 Å². The normalized spacial score (nSPS) is 43.7. The molecule has 0 unspecified atom stereocenters. The zero-order valence-corrected chi connectivity index (χ0v) is 13.4. The van der Waals surface area contributed by atoms with Crippen LogP contribution in [-0.4, -0.2) is 63.7 Å². The molecule has 2 fully saturated rings. The van der Waals surface area contributed by atoms with Crippen LogP contribution in [0.5, 0.6) is 0 Å². The number of esters is 1. The summed E-state index contributed by atoms with van der Waals surface area (Å²) in [6.45, 7) is 4.53. The van der Waals surface area contributed by atoms with Gasteiger partial charge in [-0.1, -0.05) is 13.5 Å². The summed E-state index contributed by atoms with van der Waals surface area (Å²) in [6, 6.07) is 0. The minimum absolute atomic E-state index is 0.0210. The van der Waals surface area contributed by atoms with Crippen LogP contribution in [0.25, 0.3) is 0 Å². The molecule has 0 aromatic carbocycles. The van der Waals surface area contributed by atoms with Crippen LogP contribution in [-0.2, 0) is 14.3 Å². The van der Waals surface area contributed by atoms with Gasteiger partial charge in [0.05, 0.1) is 31.5 Å². The van der Waals surface area contributed by atoms with E-state index in [-0.39, 0.29) is 30.6 Å². The first kappa shape index (κ1) is 18.1. The van der Waals surface area contributed by atoms with Gasteiger partial charge < -0.3 is 25.2 Å². The molecule has 4 N–H and O–H groups in total. The largest absolute Gasteiger partial charge is 0.466 e.